The molecule has 3 nitrogen and oxygen atoms in total. The van der Waals surface area contributed by atoms with Crippen molar-refractivity contribution in [2.45, 2.75) is 39.2 Å². The zero-order chi connectivity index (χ0) is 14.5. The van der Waals surface area contributed by atoms with Crippen molar-refractivity contribution in [3.05, 3.63) is 29.3 Å². The Balaban J connectivity index is 2.83. The van der Waals surface area contributed by atoms with Crippen LogP contribution in [-0.2, 0) is 10.2 Å². The van der Waals surface area contributed by atoms with E-state index in [4.69, 9.17) is 9.47 Å². The molecule has 0 saturated carbocycles. The Labute approximate surface area is 117 Å². The second kappa shape index (κ2) is 6.92. The Hall–Kier alpha value is -1.06. The molecule has 0 fully saturated rings. The maximum atomic E-state index is 5.98. The molecule has 0 bridgehead atoms. The van der Waals surface area contributed by atoms with E-state index in [9.17, 15) is 0 Å². The zero-order valence-corrected chi connectivity index (χ0v) is 13.0. The summed E-state index contributed by atoms with van der Waals surface area (Å²) in [6.07, 6.45) is 0. The van der Waals surface area contributed by atoms with Gasteiger partial charge in [0.25, 0.3) is 0 Å². The molecule has 0 amide bonds. The molecule has 3 heteroatoms. The predicted molar refractivity (Wildman–Crippen MR) is 80.1 cm³/mol. The van der Waals surface area contributed by atoms with Gasteiger partial charge in [-0.05, 0) is 31.0 Å². The first kappa shape index (κ1) is 16.0. The summed E-state index contributed by atoms with van der Waals surface area (Å²) in [6, 6.07) is 6.57. The van der Waals surface area contributed by atoms with Crippen LogP contribution in [0, 0.1) is 6.92 Å². The largest absolute Gasteiger partial charge is 0.492 e. The van der Waals surface area contributed by atoms with Crippen LogP contribution in [-0.4, -0.2) is 33.4 Å². The molecule has 0 spiro atoms. The van der Waals surface area contributed by atoms with Gasteiger partial charge in [0, 0.05) is 7.11 Å². The average molecular weight is 265 g/mol. The van der Waals surface area contributed by atoms with Crippen molar-refractivity contribution in [3.63, 3.8) is 0 Å². The van der Waals surface area contributed by atoms with E-state index < -0.39 is 0 Å². The third-order valence-corrected chi connectivity index (χ3v) is 3.16. The van der Waals surface area contributed by atoms with Crippen molar-refractivity contribution in [1.29, 1.82) is 0 Å². The highest BCUT2D eigenvalue weighted by atomic mass is 16.5. The van der Waals surface area contributed by atoms with Crippen molar-refractivity contribution in [2.75, 3.05) is 27.4 Å². The van der Waals surface area contributed by atoms with E-state index in [1.807, 2.05) is 7.05 Å². The summed E-state index contributed by atoms with van der Waals surface area (Å²) in [6.45, 7) is 9.99. The third-order valence-electron chi connectivity index (χ3n) is 3.16. The van der Waals surface area contributed by atoms with Crippen molar-refractivity contribution in [3.8, 4) is 5.75 Å². The predicted octanol–water partition coefficient (Wildman–Crippen LogP) is 2.91. The molecule has 0 radical (unpaired) electrons. The maximum Gasteiger partial charge on any atom is 0.123 e. The fourth-order valence-electron chi connectivity index (χ4n) is 1.96. The number of rotatable bonds is 6. The lowest BCUT2D eigenvalue weighted by Gasteiger charge is -2.25. The van der Waals surface area contributed by atoms with Gasteiger partial charge in [0.05, 0.1) is 12.6 Å². The van der Waals surface area contributed by atoms with Gasteiger partial charge in [0.2, 0.25) is 0 Å². The molecular formula is C16H27NO2. The SMILES string of the molecule is CNC(COC)COc1ccc(C)cc1C(C)(C)C. The summed E-state index contributed by atoms with van der Waals surface area (Å²) in [4.78, 5) is 0. The lowest BCUT2D eigenvalue weighted by Crippen LogP contribution is -2.36. The van der Waals surface area contributed by atoms with Crippen LogP contribution < -0.4 is 10.1 Å². The van der Waals surface area contributed by atoms with Crippen LogP contribution in [0.15, 0.2) is 18.2 Å². The molecule has 0 aromatic heterocycles. The summed E-state index contributed by atoms with van der Waals surface area (Å²) in [7, 11) is 3.63. The normalized spacial score (nSPS) is 13.4. The van der Waals surface area contributed by atoms with Gasteiger partial charge in [-0.2, -0.15) is 0 Å². The molecule has 1 aromatic carbocycles. The molecule has 1 atom stereocenters. The van der Waals surface area contributed by atoms with E-state index >= 15 is 0 Å². The Bertz CT molecular complexity index is 396. The molecule has 0 aliphatic rings. The van der Waals surface area contributed by atoms with E-state index in [0.717, 1.165) is 5.75 Å². The molecule has 0 aliphatic carbocycles. The molecule has 1 rings (SSSR count). The monoisotopic (exact) mass is 265 g/mol. The molecule has 0 heterocycles. The second-order valence-electron chi connectivity index (χ2n) is 6.00. The minimum Gasteiger partial charge on any atom is -0.492 e. The smallest absolute Gasteiger partial charge is 0.123 e. The van der Waals surface area contributed by atoms with Gasteiger partial charge >= 0.3 is 0 Å². The number of hydrogen-bond acceptors (Lipinski definition) is 3. The van der Waals surface area contributed by atoms with Gasteiger partial charge < -0.3 is 14.8 Å². The number of hydrogen-bond donors (Lipinski definition) is 1. The lowest BCUT2D eigenvalue weighted by atomic mass is 9.85. The number of benzene rings is 1. The van der Waals surface area contributed by atoms with Crippen LogP contribution in [0.2, 0.25) is 0 Å². The van der Waals surface area contributed by atoms with Crippen LogP contribution in [0.25, 0.3) is 0 Å². The molecule has 19 heavy (non-hydrogen) atoms. The first-order valence-corrected chi connectivity index (χ1v) is 6.78. The summed E-state index contributed by atoms with van der Waals surface area (Å²) >= 11 is 0. The first-order chi connectivity index (χ1) is 8.88. The van der Waals surface area contributed by atoms with Crippen LogP contribution in [0.5, 0.6) is 5.75 Å². The Kier molecular flexibility index (Phi) is 5.83. The zero-order valence-electron chi connectivity index (χ0n) is 13.0. The summed E-state index contributed by atoms with van der Waals surface area (Å²) < 4.78 is 11.1. The van der Waals surface area contributed by atoms with Crippen LogP contribution in [0.3, 0.4) is 0 Å². The number of nitrogens with one attached hydrogen (secondary N) is 1. The number of likely N-dealkylation sites (N-methyl/N-ethyl adjacent to an activating group) is 1. The average Bonchev–Trinajstić information content (AvgIpc) is 2.34. The van der Waals surface area contributed by atoms with E-state index in [2.05, 4.69) is 51.2 Å². The van der Waals surface area contributed by atoms with Crippen LogP contribution in [0.4, 0.5) is 0 Å². The fraction of sp³-hybridized carbons (Fsp3) is 0.625. The topological polar surface area (TPSA) is 30.5 Å². The summed E-state index contributed by atoms with van der Waals surface area (Å²) in [5.41, 5.74) is 2.59. The molecule has 108 valence electrons. The highest BCUT2D eigenvalue weighted by Crippen LogP contribution is 2.32. The standard InChI is InChI=1S/C16H27NO2/c1-12-7-8-15(14(9-12)16(2,3)4)19-11-13(17-5)10-18-6/h7-9,13,17H,10-11H2,1-6H3. The maximum absolute atomic E-state index is 5.98. The van der Waals surface area contributed by atoms with E-state index in [1.54, 1.807) is 7.11 Å². The van der Waals surface area contributed by atoms with Crippen molar-refractivity contribution in [1.82, 2.24) is 5.32 Å². The minimum absolute atomic E-state index is 0.0811. The highest BCUT2D eigenvalue weighted by molar-refractivity contribution is 5.41. The molecular weight excluding hydrogens is 238 g/mol. The van der Waals surface area contributed by atoms with Crippen molar-refractivity contribution >= 4 is 0 Å². The molecule has 0 saturated heterocycles. The van der Waals surface area contributed by atoms with Gasteiger partial charge in [-0.25, -0.2) is 0 Å². The van der Waals surface area contributed by atoms with E-state index in [-0.39, 0.29) is 11.5 Å². The van der Waals surface area contributed by atoms with Crippen LogP contribution in [0.1, 0.15) is 31.9 Å². The van der Waals surface area contributed by atoms with Gasteiger partial charge in [-0.3, -0.25) is 0 Å². The second-order valence-corrected chi connectivity index (χ2v) is 6.00. The third kappa shape index (κ3) is 4.84. The fourth-order valence-corrected chi connectivity index (χ4v) is 1.96. The molecule has 1 N–H and O–H groups in total. The van der Waals surface area contributed by atoms with Gasteiger partial charge in [0.1, 0.15) is 12.4 Å². The van der Waals surface area contributed by atoms with Crippen molar-refractivity contribution < 1.29 is 9.47 Å². The highest BCUT2D eigenvalue weighted by Gasteiger charge is 2.19. The minimum atomic E-state index is 0.0811. The Morgan fingerprint density at radius 3 is 2.42 bits per heavy atom. The van der Waals surface area contributed by atoms with Gasteiger partial charge in [0.15, 0.2) is 0 Å². The Morgan fingerprint density at radius 2 is 1.89 bits per heavy atom. The summed E-state index contributed by atoms with van der Waals surface area (Å²) in [5, 5.41) is 3.19. The number of methoxy groups -OCH3 is 1. The molecule has 0 aliphatic heterocycles. The summed E-state index contributed by atoms with van der Waals surface area (Å²) in [5.74, 6) is 0.967. The number of ether oxygens (including phenoxy) is 2. The first-order valence-electron chi connectivity index (χ1n) is 6.78. The van der Waals surface area contributed by atoms with Gasteiger partial charge in [-0.15, -0.1) is 0 Å². The molecule has 1 unspecified atom stereocenters. The molecule has 1 aromatic rings. The van der Waals surface area contributed by atoms with E-state index in [0.29, 0.717) is 13.2 Å². The van der Waals surface area contributed by atoms with Crippen LogP contribution >= 0.6 is 0 Å². The van der Waals surface area contributed by atoms with E-state index in [1.165, 1.54) is 11.1 Å². The number of aryl methyl sites for hydroxylation is 1. The van der Waals surface area contributed by atoms with Gasteiger partial charge in [-0.1, -0.05) is 38.5 Å². The van der Waals surface area contributed by atoms with Crippen molar-refractivity contribution in [2.24, 2.45) is 0 Å². The lowest BCUT2D eigenvalue weighted by molar-refractivity contribution is 0.139. The Morgan fingerprint density at radius 1 is 1.21 bits per heavy atom. The quantitative estimate of drug-likeness (QED) is 0.858.